The lowest BCUT2D eigenvalue weighted by Crippen LogP contribution is -2.39. The Balaban J connectivity index is 1.20. The van der Waals surface area contributed by atoms with Crippen LogP contribution in [0.5, 0.6) is 17.2 Å². The van der Waals surface area contributed by atoms with Crippen LogP contribution in [0.25, 0.3) is 10.9 Å². The van der Waals surface area contributed by atoms with Crippen molar-refractivity contribution in [2.24, 2.45) is 0 Å². The molecule has 0 fully saturated rings. The molecule has 6 rings (SSSR count). The maximum Gasteiger partial charge on any atom is 0.586 e. The summed E-state index contributed by atoms with van der Waals surface area (Å²) in [4.78, 5) is 16.7. The molecule has 0 spiro atoms. The van der Waals surface area contributed by atoms with E-state index in [1.165, 1.54) is 18.2 Å². The molecule has 10 heteroatoms. The average Bonchev–Trinajstić information content (AvgIpc) is 3.56. The fourth-order valence-corrected chi connectivity index (χ4v) is 4.97. The van der Waals surface area contributed by atoms with Crippen LogP contribution in [0, 0.1) is 5.82 Å². The van der Waals surface area contributed by atoms with Gasteiger partial charge in [-0.3, -0.25) is 4.79 Å². The van der Waals surface area contributed by atoms with Crippen molar-refractivity contribution < 1.29 is 36.9 Å². The van der Waals surface area contributed by atoms with E-state index in [2.05, 4.69) is 19.8 Å². The van der Waals surface area contributed by atoms with Crippen LogP contribution in [0.15, 0.2) is 60.7 Å². The number of hydrogen-bond donors (Lipinski definition) is 2. The van der Waals surface area contributed by atoms with Gasteiger partial charge in [-0.05, 0) is 30.7 Å². The van der Waals surface area contributed by atoms with Crippen molar-refractivity contribution in [3.05, 3.63) is 83.3 Å². The van der Waals surface area contributed by atoms with Gasteiger partial charge >= 0.3 is 6.29 Å². The van der Waals surface area contributed by atoms with Crippen LogP contribution in [0.1, 0.15) is 37.6 Å². The summed E-state index contributed by atoms with van der Waals surface area (Å²) in [7, 11) is 0. The zero-order valence-electron chi connectivity index (χ0n) is 22.1. The molecule has 1 atom stereocenters. The smallest absolute Gasteiger partial charge is 0.492 e. The molecular formula is C30H27F3N2O5. The summed E-state index contributed by atoms with van der Waals surface area (Å²) in [6.45, 7) is 6.50. The van der Waals surface area contributed by atoms with Gasteiger partial charge in [-0.25, -0.2) is 4.39 Å². The number of carbonyl (C=O) groups excluding carboxylic acids is 1. The molecule has 2 aliphatic rings. The van der Waals surface area contributed by atoms with E-state index in [1.807, 2.05) is 50.2 Å². The first-order chi connectivity index (χ1) is 18.9. The number of rotatable bonds is 7. The highest BCUT2D eigenvalue weighted by atomic mass is 19.3. The summed E-state index contributed by atoms with van der Waals surface area (Å²) >= 11 is 0. The third-order valence-corrected chi connectivity index (χ3v) is 7.38. The van der Waals surface area contributed by atoms with Crippen molar-refractivity contribution in [3.63, 3.8) is 0 Å². The summed E-state index contributed by atoms with van der Waals surface area (Å²) in [5, 5.41) is 3.37. The minimum Gasteiger partial charge on any atom is -0.492 e. The van der Waals surface area contributed by atoms with Gasteiger partial charge in [0.1, 0.15) is 23.6 Å². The first-order valence-electron chi connectivity index (χ1n) is 12.8. The number of aromatic nitrogens is 1. The number of H-pyrrole nitrogens is 1. The zero-order chi connectivity index (χ0) is 28.3. The molecule has 0 radical (unpaired) electrons. The lowest BCUT2D eigenvalue weighted by Gasteiger charge is -2.23. The Morgan fingerprint density at radius 1 is 1.05 bits per heavy atom. The van der Waals surface area contributed by atoms with Gasteiger partial charge < -0.3 is 29.2 Å². The van der Waals surface area contributed by atoms with Gasteiger partial charge in [-0.15, -0.1) is 8.78 Å². The molecule has 4 aromatic rings. The van der Waals surface area contributed by atoms with Crippen molar-refractivity contribution in [1.29, 1.82) is 0 Å². The second kappa shape index (κ2) is 9.19. The predicted molar refractivity (Wildman–Crippen MR) is 142 cm³/mol. The Morgan fingerprint density at radius 3 is 2.52 bits per heavy atom. The number of halogens is 3. The van der Waals surface area contributed by atoms with Gasteiger partial charge in [0.2, 0.25) is 5.91 Å². The molecule has 2 N–H and O–H groups in total. The first kappa shape index (κ1) is 26.1. The fourth-order valence-electron chi connectivity index (χ4n) is 4.97. The number of nitrogens with one attached hydrogen (secondary N) is 2. The van der Waals surface area contributed by atoms with Gasteiger partial charge in [0.05, 0.1) is 18.9 Å². The fraction of sp³-hybridized carbons (Fsp3) is 0.300. The van der Waals surface area contributed by atoms with Crippen molar-refractivity contribution in [3.8, 4) is 17.2 Å². The molecule has 1 aromatic heterocycles. The summed E-state index contributed by atoms with van der Waals surface area (Å²) < 4.78 is 62.8. The quantitative estimate of drug-likeness (QED) is 0.277. The molecular weight excluding hydrogens is 525 g/mol. The average molecular weight is 553 g/mol. The second-order valence-electron chi connectivity index (χ2n) is 11.0. The number of hydrogen-bond acceptors (Lipinski definition) is 5. The van der Waals surface area contributed by atoms with E-state index >= 15 is 4.39 Å². The Labute approximate surface area is 228 Å². The number of ether oxygens (including phenoxy) is 4. The molecule has 7 nitrogen and oxygen atoms in total. The van der Waals surface area contributed by atoms with E-state index < -0.39 is 28.8 Å². The number of carbonyl (C=O) groups is 1. The normalized spacial score (nSPS) is 18.9. The predicted octanol–water partition coefficient (Wildman–Crippen LogP) is 6.41. The van der Waals surface area contributed by atoms with E-state index in [0.717, 1.165) is 11.3 Å². The van der Waals surface area contributed by atoms with E-state index in [0.29, 0.717) is 29.7 Å². The molecule has 0 saturated heterocycles. The Kier molecular flexibility index (Phi) is 5.99. The maximum atomic E-state index is 15.1. The molecule has 1 unspecified atom stereocenters. The van der Waals surface area contributed by atoms with Gasteiger partial charge in [-0.2, -0.15) is 0 Å². The molecule has 208 valence electrons. The van der Waals surface area contributed by atoms with Crippen molar-refractivity contribution in [2.45, 2.75) is 44.5 Å². The Hall–Kier alpha value is -4.18. The highest BCUT2D eigenvalue weighted by Gasteiger charge is 2.49. The second-order valence-corrected chi connectivity index (χ2v) is 11.0. The van der Waals surface area contributed by atoms with Crippen LogP contribution in [0.4, 0.5) is 18.9 Å². The number of alkyl halides is 2. The van der Waals surface area contributed by atoms with Gasteiger partial charge in [0.15, 0.2) is 11.5 Å². The van der Waals surface area contributed by atoms with Crippen molar-refractivity contribution in [1.82, 2.24) is 4.98 Å². The standard InChI is InChI=1S/C30H27F3N2O5/c1-28(2,15-37-14-17-7-5-4-6-8-17)26-10-18-9-22(20(31)12-21(18)34-26)35-27(36)29(3)16-38-23-13-25-24(11-19(23)29)39-30(32,33)40-25/h4-13,34H,14-16H2,1-3H3,(H,35,36). The van der Waals surface area contributed by atoms with Gasteiger partial charge in [-0.1, -0.05) is 44.2 Å². The summed E-state index contributed by atoms with van der Waals surface area (Å²) in [6.07, 6.45) is -3.80. The zero-order valence-corrected chi connectivity index (χ0v) is 22.1. The summed E-state index contributed by atoms with van der Waals surface area (Å²) in [6, 6.07) is 17.2. The molecule has 1 amide bonds. The lowest BCUT2D eigenvalue weighted by molar-refractivity contribution is -0.286. The summed E-state index contributed by atoms with van der Waals surface area (Å²) in [5.41, 5.74) is 1.16. The van der Waals surface area contributed by atoms with Crippen LogP contribution in [0.3, 0.4) is 0 Å². The highest BCUT2D eigenvalue weighted by Crippen LogP contribution is 2.50. The largest absolute Gasteiger partial charge is 0.586 e. The van der Waals surface area contributed by atoms with Crippen LogP contribution in [0.2, 0.25) is 0 Å². The van der Waals surface area contributed by atoms with E-state index in [9.17, 15) is 13.6 Å². The number of fused-ring (bicyclic) bond motifs is 3. The summed E-state index contributed by atoms with van der Waals surface area (Å²) in [5.74, 6) is -1.33. The Morgan fingerprint density at radius 2 is 1.77 bits per heavy atom. The van der Waals surface area contributed by atoms with Crippen LogP contribution < -0.4 is 19.5 Å². The highest BCUT2D eigenvalue weighted by molar-refractivity contribution is 6.01. The van der Waals surface area contributed by atoms with E-state index in [1.54, 1.807) is 13.0 Å². The first-order valence-corrected chi connectivity index (χ1v) is 12.8. The van der Waals surface area contributed by atoms with E-state index in [-0.39, 0.29) is 29.5 Å². The monoisotopic (exact) mass is 552 g/mol. The number of anilines is 1. The topological polar surface area (TPSA) is 81.8 Å². The van der Waals surface area contributed by atoms with Crippen LogP contribution >= 0.6 is 0 Å². The molecule has 0 bridgehead atoms. The third kappa shape index (κ3) is 4.62. The van der Waals surface area contributed by atoms with Crippen LogP contribution in [-0.2, 0) is 27.0 Å². The minimum absolute atomic E-state index is 0.0110. The SMILES string of the molecule is CC(C)(COCc1ccccc1)c1cc2cc(NC(=O)C3(C)COc4cc5c(cc43)OC(F)(F)O5)c(F)cc2[nH]1. The molecule has 40 heavy (non-hydrogen) atoms. The molecule has 0 aliphatic carbocycles. The molecule has 0 saturated carbocycles. The van der Waals surface area contributed by atoms with Crippen molar-refractivity contribution in [2.75, 3.05) is 18.5 Å². The third-order valence-electron chi connectivity index (χ3n) is 7.38. The molecule has 2 aliphatic heterocycles. The lowest BCUT2D eigenvalue weighted by atomic mass is 9.83. The van der Waals surface area contributed by atoms with Gasteiger partial charge in [0, 0.05) is 39.7 Å². The molecule has 3 heterocycles. The number of benzene rings is 3. The molecule has 3 aromatic carbocycles. The van der Waals surface area contributed by atoms with Crippen LogP contribution in [-0.4, -0.2) is 30.4 Å². The minimum atomic E-state index is -3.80. The maximum absolute atomic E-state index is 15.1. The van der Waals surface area contributed by atoms with E-state index in [4.69, 9.17) is 9.47 Å². The number of amides is 1. The van der Waals surface area contributed by atoms with Gasteiger partial charge in [0.25, 0.3) is 0 Å². The Bertz CT molecular complexity index is 1620. The van der Waals surface area contributed by atoms with Crippen molar-refractivity contribution >= 4 is 22.5 Å². The number of aromatic amines is 1.